The first kappa shape index (κ1) is 8.88. The van der Waals surface area contributed by atoms with Crippen LogP contribution in [0.3, 0.4) is 0 Å². The molecule has 0 radical (unpaired) electrons. The summed E-state index contributed by atoms with van der Waals surface area (Å²) in [4.78, 5) is 0. The molecule has 0 aromatic carbocycles. The van der Waals surface area contributed by atoms with E-state index in [2.05, 4.69) is 0 Å². The summed E-state index contributed by atoms with van der Waals surface area (Å²) in [5.74, 6) is -0.0443. The Morgan fingerprint density at radius 2 is 1.56 bits per heavy atom. The van der Waals surface area contributed by atoms with E-state index in [-0.39, 0.29) is 25.7 Å². The summed E-state index contributed by atoms with van der Waals surface area (Å²) < 4.78 is 0. The van der Waals surface area contributed by atoms with Crippen molar-refractivity contribution >= 4 is 0 Å². The Balaban J connectivity index is 3.09. The molecular formula is C6H14O3. The van der Waals surface area contributed by atoms with Crippen LogP contribution in [0.1, 0.15) is 12.8 Å². The van der Waals surface area contributed by atoms with Gasteiger partial charge in [-0.15, -0.1) is 0 Å². The fraction of sp³-hybridized carbons (Fsp3) is 1.00. The number of aliphatic hydroxyl groups excluding tert-OH is 3. The molecule has 0 spiro atoms. The Hall–Kier alpha value is -0.120. The highest BCUT2D eigenvalue weighted by atomic mass is 16.3. The normalized spacial score (nSPS) is 10.7. The van der Waals surface area contributed by atoms with E-state index in [0.717, 1.165) is 0 Å². The summed E-state index contributed by atoms with van der Waals surface area (Å²) in [5, 5.41) is 25.4. The molecule has 0 atom stereocenters. The fourth-order valence-corrected chi connectivity index (χ4v) is 0.620. The zero-order chi connectivity index (χ0) is 7.11. The highest BCUT2D eigenvalue weighted by Gasteiger charge is 2.03. The van der Waals surface area contributed by atoms with Crippen LogP contribution >= 0.6 is 0 Å². The Morgan fingerprint density at radius 3 is 1.89 bits per heavy atom. The first-order chi connectivity index (χ1) is 4.35. The van der Waals surface area contributed by atoms with E-state index in [9.17, 15) is 0 Å². The maximum atomic E-state index is 8.51. The molecular weight excluding hydrogens is 120 g/mol. The predicted molar refractivity (Wildman–Crippen MR) is 34.0 cm³/mol. The van der Waals surface area contributed by atoms with Crippen LogP contribution in [0.2, 0.25) is 0 Å². The van der Waals surface area contributed by atoms with Gasteiger partial charge in [0.2, 0.25) is 0 Å². The molecule has 0 aromatic heterocycles. The van der Waals surface area contributed by atoms with Crippen molar-refractivity contribution in [2.24, 2.45) is 5.92 Å². The lowest BCUT2D eigenvalue weighted by Gasteiger charge is -2.07. The predicted octanol–water partition coefficient (Wildman–Crippen LogP) is -0.640. The summed E-state index contributed by atoms with van der Waals surface area (Å²) >= 11 is 0. The van der Waals surface area contributed by atoms with Gasteiger partial charge in [0.1, 0.15) is 0 Å². The fourth-order valence-electron chi connectivity index (χ4n) is 0.620. The second kappa shape index (κ2) is 6.01. The van der Waals surface area contributed by atoms with E-state index in [1.165, 1.54) is 0 Å². The van der Waals surface area contributed by atoms with Gasteiger partial charge in [0.25, 0.3) is 0 Å². The molecule has 3 N–H and O–H groups in total. The van der Waals surface area contributed by atoms with Crippen LogP contribution in [0.15, 0.2) is 0 Å². The molecule has 0 bridgehead atoms. The van der Waals surface area contributed by atoms with E-state index in [1.807, 2.05) is 0 Å². The van der Waals surface area contributed by atoms with Crippen molar-refractivity contribution in [2.75, 3.05) is 19.8 Å². The first-order valence-corrected chi connectivity index (χ1v) is 3.17. The molecule has 9 heavy (non-hydrogen) atoms. The molecule has 0 saturated heterocycles. The van der Waals surface area contributed by atoms with Gasteiger partial charge in [0, 0.05) is 25.7 Å². The molecule has 0 aliphatic carbocycles. The number of hydrogen-bond acceptors (Lipinski definition) is 3. The molecule has 56 valence electrons. The Morgan fingerprint density at radius 1 is 1.00 bits per heavy atom. The van der Waals surface area contributed by atoms with Crippen LogP contribution in [-0.4, -0.2) is 35.1 Å². The summed E-state index contributed by atoms with van der Waals surface area (Å²) in [6.45, 7) is 0.156. The zero-order valence-electron chi connectivity index (χ0n) is 5.45. The van der Waals surface area contributed by atoms with Gasteiger partial charge in [-0.3, -0.25) is 0 Å². The number of hydrogen-bond donors (Lipinski definition) is 3. The van der Waals surface area contributed by atoms with Gasteiger partial charge in [-0.1, -0.05) is 0 Å². The van der Waals surface area contributed by atoms with Crippen LogP contribution in [-0.2, 0) is 0 Å². The lowest BCUT2D eigenvalue weighted by atomic mass is 10.1. The molecule has 0 unspecified atom stereocenters. The van der Waals surface area contributed by atoms with Gasteiger partial charge in [0.05, 0.1) is 0 Å². The maximum absolute atomic E-state index is 8.51. The van der Waals surface area contributed by atoms with Crippen molar-refractivity contribution in [1.82, 2.24) is 0 Å². The molecule has 0 aromatic rings. The van der Waals surface area contributed by atoms with Crippen molar-refractivity contribution in [2.45, 2.75) is 12.8 Å². The van der Waals surface area contributed by atoms with E-state index in [1.54, 1.807) is 0 Å². The Bertz CT molecular complexity index is 52.3. The topological polar surface area (TPSA) is 60.7 Å². The van der Waals surface area contributed by atoms with Crippen LogP contribution in [0.5, 0.6) is 0 Å². The van der Waals surface area contributed by atoms with E-state index in [0.29, 0.717) is 12.8 Å². The third kappa shape index (κ3) is 4.39. The summed E-state index contributed by atoms with van der Waals surface area (Å²) in [7, 11) is 0. The van der Waals surface area contributed by atoms with E-state index >= 15 is 0 Å². The first-order valence-electron chi connectivity index (χ1n) is 3.17. The smallest absolute Gasteiger partial charge is 0.0481 e. The van der Waals surface area contributed by atoms with Crippen molar-refractivity contribution < 1.29 is 15.3 Å². The average molecular weight is 134 g/mol. The lowest BCUT2D eigenvalue weighted by Crippen LogP contribution is -2.11. The minimum atomic E-state index is -0.0443. The van der Waals surface area contributed by atoms with E-state index < -0.39 is 0 Å². The maximum Gasteiger partial charge on any atom is 0.0481 e. The second-order valence-corrected chi connectivity index (χ2v) is 2.10. The molecule has 3 nitrogen and oxygen atoms in total. The molecule has 0 aliphatic rings. The number of rotatable bonds is 5. The van der Waals surface area contributed by atoms with E-state index in [4.69, 9.17) is 15.3 Å². The van der Waals surface area contributed by atoms with Gasteiger partial charge >= 0.3 is 0 Å². The molecule has 0 aliphatic heterocycles. The van der Waals surface area contributed by atoms with Crippen LogP contribution < -0.4 is 0 Å². The molecule has 3 heteroatoms. The second-order valence-electron chi connectivity index (χ2n) is 2.10. The largest absolute Gasteiger partial charge is 0.396 e. The Labute approximate surface area is 54.9 Å². The molecule has 0 saturated carbocycles. The van der Waals surface area contributed by atoms with Crippen LogP contribution in [0.4, 0.5) is 0 Å². The highest BCUT2D eigenvalue weighted by molar-refractivity contribution is 4.53. The monoisotopic (exact) mass is 134 g/mol. The third-order valence-electron chi connectivity index (χ3n) is 1.29. The van der Waals surface area contributed by atoms with Gasteiger partial charge in [-0.25, -0.2) is 0 Å². The Kier molecular flexibility index (Phi) is 5.93. The van der Waals surface area contributed by atoms with Crippen molar-refractivity contribution in [3.63, 3.8) is 0 Å². The molecule has 0 fully saturated rings. The summed E-state index contributed by atoms with van der Waals surface area (Å²) in [6, 6.07) is 0. The van der Waals surface area contributed by atoms with Gasteiger partial charge in [0.15, 0.2) is 0 Å². The standard InChI is InChI=1S/C6H14O3/c7-3-1-2-6(4-8)5-9/h6-9H,1-5H2. The van der Waals surface area contributed by atoms with Crippen molar-refractivity contribution in [1.29, 1.82) is 0 Å². The minimum Gasteiger partial charge on any atom is -0.396 e. The zero-order valence-corrected chi connectivity index (χ0v) is 5.45. The van der Waals surface area contributed by atoms with Gasteiger partial charge in [-0.05, 0) is 12.8 Å². The average Bonchev–Trinajstić information content (AvgIpc) is 1.91. The third-order valence-corrected chi connectivity index (χ3v) is 1.29. The van der Waals surface area contributed by atoms with Gasteiger partial charge < -0.3 is 15.3 Å². The summed E-state index contributed by atoms with van der Waals surface area (Å²) in [5.41, 5.74) is 0. The minimum absolute atomic E-state index is 0.0104. The van der Waals surface area contributed by atoms with Crippen LogP contribution in [0, 0.1) is 5.92 Å². The highest BCUT2D eigenvalue weighted by Crippen LogP contribution is 2.02. The van der Waals surface area contributed by atoms with Crippen LogP contribution in [0.25, 0.3) is 0 Å². The lowest BCUT2D eigenvalue weighted by molar-refractivity contribution is 0.136. The SMILES string of the molecule is OCCCC(CO)CO. The molecule has 0 rings (SSSR count). The molecule has 0 amide bonds. The molecule has 0 heterocycles. The quantitative estimate of drug-likeness (QED) is 0.468. The summed E-state index contributed by atoms with van der Waals surface area (Å²) in [6.07, 6.45) is 1.36. The van der Waals surface area contributed by atoms with Crippen molar-refractivity contribution in [3.8, 4) is 0 Å². The number of aliphatic hydroxyl groups is 3. The van der Waals surface area contributed by atoms with Gasteiger partial charge in [-0.2, -0.15) is 0 Å². The van der Waals surface area contributed by atoms with Crippen molar-refractivity contribution in [3.05, 3.63) is 0 Å².